The van der Waals surface area contributed by atoms with Gasteiger partial charge in [-0.15, -0.1) is 0 Å². The first-order valence-corrected chi connectivity index (χ1v) is 10.2. The quantitative estimate of drug-likeness (QED) is 0.807. The molecule has 4 bridgehead atoms. The van der Waals surface area contributed by atoms with E-state index >= 15 is 0 Å². The third kappa shape index (κ3) is 3.13. The second-order valence-electron chi connectivity index (χ2n) is 9.23. The number of pyridine rings is 2. The van der Waals surface area contributed by atoms with E-state index in [2.05, 4.69) is 15.3 Å². The van der Waals surface area contributed by atoms with Crippen molar-refractivity contribution in [2.24, 2.45) is 17.3 Å². The van der Waals surface area contributed by atoms with Gasteiger partial charge in [0.15, 0.2) is 5.78 Å². The summed E-state index contributed by atoms with van der Waals surface area (Å²) in [5.41, 5.74) is 0.834. The van der Waals surface area contributed by atoms with Crippen molar-refractivity contribution in [3.05, 3.63) is 60.2 Å². The van der Waals surface area contributed by atoms with Crippen molar-refractivity contribution in [3.8, 4) is 0 Å². The van der Waals surface area contributed by atoms with Crippen LogP contribution in [0.5, 0.6) is 0 Å². The molecule has 4 aliphatic carbocycles. The Balaban J connectivity index is 1.38. The Morgan fingerprint density at radius 1 is 0.929 bits per heavy atom. The largest absolute Gasteiger partial charge is 0.345 e. The summed E-state index contributed by atoms with van der Waals surface area (Å²) in [6.07, 6.45) is 10.3. The highest BCUT2D eigenvalue weighted by atomic mass is 16.2. The highest BCUT2D eigenvalue weighted by Crippen LogP contribution is 2.63. The summed E-state index contributed by atoms with van der Waals surface area (Å²) < 4.78 is 0. The van der Waals surface area contributed by atoms with Crippen LogP contribution < -0.4 is 5.32 Å². The number of nitrogens with one attached hydrogen (secondary N) is 1. The molecule has 2 unspecified atom stereocenters. The molecular formula is C23H25N3O2. The number of rotatable bonds is 5. The molecule has 0 saturated heterocycles. The molecule has 2 heterocycles. The third-order valence-electron chi connectivity index (χ3n) is 6.94. The molecule has 5 heteroatoms. The van der Waals surface area contributed by atoms with Crippen molar-refractivity contribution in [1.82, 2.24) is 15.3 Å². The minimum Gasteiger partial charge on any atom is -0.345 e. The Morgan fingerprint density at radius 3 is 2.18 bits per heavy atom. The van der Waals surface area contributed by atoms with E-state index in [1.54, 1.807) is 18.5 Å². The van der Waals surface area contributed by atoms with Crippen molar-refractivity contribution in [3.63, 3.8) is 0 Å². The molecule has 2 aromatic rings. The van der Waals surface area contributed by atoms with Crippen LogP contribution in [-0.4, -0.2) is 27.2 Å². The summed E-state index contributed by atoms with van der Waals surface area (Å²) in [6, 6.07) is 10.9. The zero-order valence-electron chi connectivity index (χ0n) is 15.9. The molecule has 2 atom stereocenters. The van der Waals surface area contributed by atoms with Crippen molar-refractivity contribution >= 4 is 11.7 Å². The van der Waals surface area contributed by atoms with Gasteiger partial charge >= 0.3 is 0 Å². The number of amides is 1. The summed E-state index contributed by atoms with van der Waals surface area (Å²) in [5.74, 6) is 1.24. The van der Waals surface area contributed by atoms with Crippen LogP contribution >= 0.6 is 0 Å². The van der Waals surface area contributed by atoms with E-state index in [9.17, 15) is 9.59 Å². The second-order valence-corrected chi connectivity index (χ2v) is 9.23. The summed E-state index contributed by atoms with van der Waals surface area (Å²) >= 11 is 0. The maximum Gasteiger partial charge on any atom is 0.270 e. The third-order valence-corrected chi connectivity index (χ3v) is 6.94. The number of nitrogens with zero attached hydrogens (tertiary/aromatic N) is 2. The molecule has 1 amide bonds. The van der Waals surface area contributed by atoms with E-state index in [0.717, 1.165) is 32.1 Å². The van der Waals surface area contributed by atoms with Crippen molar-refractivity contribution in [1.29, 1.82) is 0 Å². The Hall–Kier alpha value is -2.56. The highest BCUT2D eigenvalue weighted by molar-refractivity contribution is 5.95. The first-order chi connectivity index (χ1) is 13.5. The standard InChI is InChI=1S/C23H25N3O2/c27-20(18-5-1-3-7-24-18)14-22-10-16-9-17(11-22)13-23(12-16,15-22)26-21(28)19-6-2-4-8-25-19/h1-8,16-17H,9-15H2,(H,26,28). The van der Waals surface area contributed by atoms with Gasteiger partial charge in [0.1, 0.15) is 11.4 Å². The number of aromatic nitrogens is 2. The molecule has 1 N–H and O–H groups in total. The van der Waals surface area contributed by atoms with Gasteiger partial charge in [0, 0.05) is 24.4 Å². The molecule has 0 radical (unpaired) electrons. The molecule has 4 fully saturated rings. The van der Waals surface area contributed by atoms with Gasteiger partial charge in [-0.1, -0.05) is 12.1 Å². The van der Waals surface area contributed by atoms with Crippen LogP contribution in [0.3, 0.4) is 0 Å². The lowest BCUT2D eigenvalue weighted by atomic mass is 9.46. The topological polar surface area (TPSA) is 72.0 Å². The Bertz CT molecular complexity index is 811. The molecule has 0 aromatic carbocycles. The van der Waals surface area contributed by atoms with Crippen LogP contribution in [0.25, 0.3) is 0 Å². The highest BCUT2D eigenvalue weighted by Gasteiger charge is 2.58. The van der Waals surface area contributed by atoms with E-state index in [0.29, 0.717) is 29.6 Å². The van der Waals surface area contributed by atoms with Gasteiger partial charge < -0.3 is 5.32 Å². The summed E-state index contributed by atoms with van der Waals surface area (Å²) in [5, 5.41) is 3.35. The number of carbonyl (C=O) groups is 2. The number of hydrogen-bond donors (Lipinski definition) is 1. The molecule has 6 rings (SSSR count). The normalized spacial score (nSPS) is 32.9. The average molecular weight is 375 g/mol. The summed E-state index contributed by atoms with van der Waals surface area (Å²) in [4.78, 5) is 34.2. The van der Waals surface area contributed by atoms with Crippen LogP contribution in [0.4, 0.5) is 0 Å². The molecule has 4 saturated carbocycles. The van der Waals surface area contributed by atoms with Crippen LogP contribution in [0.15, 0.2) is 48.8 Å². The first-order valence-electron chi connectivity index (χ1n) is 10.2. The number of ketones is 1. The molecule has 144 valence electrons. The lowest BCUT2D eigenvalue weighted by molar-refractivity contribution is -0.0771. The van der Waals surface area contributed by atoms with Crippen LogP contribution in [0.1, 0.15) is 65.9 Å². The van der Waals surface area contributed by atoms with Gasteiger partial charge in [-0.2, -0.15) is 0 Å². The fourth-order valence-electron chi connectivity index (χ4n) is 6.57. The predicted molar refractivity (Wildman–Crippen MR) is 105 cm³/mol. The predicted octanol–water partition coefficient (Wildman–Crippen LogP) is 3.82. The average Bonchev–Trinajstić information content (AvgIpc) is 2.67. The van der Waals surface area contributed by atoms with Gasteiger partial charge in [0.25, 0.3) is 5.91 Å². The SMILES string of the molecule is O=C(CC12CC3CC(C1)CC(NC(=O)c1ccccn1)(C3)C2)c1ccccn1. The molecule has 0 aliphatic heterocycles. The van der Waals surface area contributed by atoms with Crippen molar-refractivity contribution < 1.29 is 9.59 Å². The van der Waals surface area contributed by atoms with Gasteiger partial charge in [-0.05, 0) is 80.0 Å². The minimum absolute atomic E-state index is 0.00388. The maximum atomic E-state index is 12.9. The van der Waals surface area contributed by atoms with Crippen LogP contribution in [-0.2, 0) is 0 Å². The summed E-state index contributed by atoms with van der Waals surface area (Å²) in [7, 11) is 0. The Morgan fingerprint density at radius 2 is 1.57 bits per heavy atom. The number of Topliss-reactive ketones (excluding diaryl/α,β-unsaturated/α-hetero) is 1. The van der Waals surface area contributed by atoms with Crippen molar-refractivity contribution in [2.45, 2.75) is 50.5 Å². The van der Waals surface area contributed by atoms with E-state index in [-0.39, 0.29) is 22.6 Å². The fraction of sp³-hybridized carbons (Fsp3) is 0.478. The van der Waals surface area contributed by atoms with Gasteiger partial charge in [0.2, 0.25) is 0 Å². The van der Waals surface area contributed by atoms with E-state index in [4.69, 9.17) is 0 Å². The molecule has 4 aliphatic rings. The zero-order chi connectivity index (χ0) is 19.2. The molecule has 0 spiro atoms. The van der Waals surface area contributed by atoms with E-state index in [1.807, 2.05) is 30.3 Å². The molecule has 2 aromatic heterocycles. The molecule has 5 nitrogen and oxygen atoms in total. The lowest BCUT2D eigenvalue weighted by Crippen LogP contribution is -2.63. The van der Waals surface area contributed by atoms with Crippen LogP contribution in [0, 0.1) is 17.3 Å². The Kier molecular flexibility index (Phi) is 4.07. The van der Waals surface area contributed by atoms with E-state index < -0.39 is 0 Å². The van der Waals surface area contributed by atoms with Crippen molar-refractivity contribution in [2.75, 3.05) is 0 Å². The Labute approximate surface area is 165 Å². The first kappa shape index (κ1) is 17.5. The minimum atomic E-state index is -0.191. The molecular weight excluding hydrogens is 350 g/mol. The second kappa shape index (κ2) is 6.50. The smallest absolute Gasteiger partial charge is 0.270 e. The number of carbonyl (C=O) groups excluding carboxylic acids is 2. The maximum absolute atomic E-state index is 12.9. The van der Waals surface area contributed by atoms with Gasteiger partial charge in [0.05, 0.1) is 0 Å². The fourth-order valence-corrected chi connectivity index (χ4v) is 6.57. The van der Waals surface area contributed by atoms with Gasteiger partial charge in [-0.3, -0.25) is 19.6 Å². The zero-order valence-corrected chi connectivity index (χ0v) is 15.9. The van der Waals surface area contributed by atoms with Gasteiger partial charge in [-0.25, -0.2) is 0 Å². The van der Waals surface area contributed by atoms with E-state index in [1.165, 1.54) is 6.42 Å². The molecule has 28 heavy (non-hydrogen) atoms. The number of hydrogen-bond acceptors (Lipinski definition) is 4. The monoisotopic (exact) mass is 375 g/mol. The van der Waals surface area contributed by atoms with Crippen LogP contribution in [0.2, 0.25) is 0 Å². The summed E-state index contributed by atoms with van der Waals surface area (Å²) in [6.45, 7) is 0. The lowest BCUT2D eigenvalue weighted by Gasteiger charge is -2.62.